The monoisotopic (exact) mass is 472 g/mol. The van der Waals surface area contributed by atoms with E-state index in [9.17, 15) is 0 Å². The molecule has 0 heteroatoms. The van der Waals surface area contributed by atoms with E-state index >= 15 is 0 Å². The summed E-state index contributed by atoms with van der Waals surface area (Å²) in [6, 6.07) is 32.8. The van der Waals surface area contributed by atoms with Crippen molar-refractivity contribution in [3.05, 3.63) is 129 Å². The number of benzene rings is 4. The molecule has 1 aliphatic carbocycles. The van der Waals surface area contributed by atoms with Crippen molar-refractivity contribution in [1.29, 1.82) is 0 Å². The van der Waals surface area contributed by atoms with Crippen LogP contribution < -0.4 is 0 Å². The molecule has 184 valence electrons. The van der Waals surface area contributed by atoms with E-state index in [4.69, 9.17) is 0 Å². The van der Waals surface area contributed by atoms with Crippen LogP contribution in [0.5, 0.6) is 0 Å². The highest BCUT2D eigenvalue weighted by molar-refractivity contribution is 5.86. The van der Waals surface area contributed by atoms with Crippen molar-refractivity contribution in [2.75, 3.05) is 0 Å². The zero-order valence-electron chi connectivity index (χ0n) is 22.5. The third kappa shape index (κ3) is 4.43. The van der Waals surface area contributed by atoms with E-state index in [-0.39, 0.29) is 5.41 Å². The first-order valence-electron chi connectivity index (χ1n) is 13.9. The Balaban J connectivity index is 1.67. The van der Waals surface area contributed by atoms with Crippen LogP contribution in [0.1, 0.15) is 90.0 Å². The molecule has 0 N–H and O–H groups in total. The van der Waals surface area contributed by atoms with Crippen molar-refractivity contribution >= 4 is 0 Å². The van der Waals surface area contributed by atoms with E-state index in [0.29, 0.717) is 0 Å². The molecule has 0 fully saturated rings. The minimum atomic E-state index is -0.300. The Labute approximate surface area is 218 Å². The van der Waals surface area contributed by atoms with E-state index in [0.717, 1.165) is 6.42 Å². The zero-order valence-corrected chi connectivity index (χ0v) is 22.5. The van der Waals surface area contributed by atoms with Crippen LogP contribution in [0.15, 0.2) is 84.9 Å². The Hall–Kier alpha value is -3.12. The van der Waals surface area contributed by atoms with Gasteiger partial charge in [-0.2, -0.15) is 0 Å². The van der Waals surface area contributed by atoms with Crippen LogP contribution in [0.3, 0.4) is 0 Å². The molecule has 4 aromatic carbocycles. The summed E-state index contributed by atoms with van der Waals surface area (Å²) < 4.78 is 0. The number of unbranched alkanes of at least 4 members (excludes halogenated alkanes) is 5. The summed E-state index contributed by atoms with van der Waals surface area (Å²) in [7, 11) is 0. The molecule has 0 saturated carbocycles. The quantitative estimate of drug-likeness (QED) is 0.187. The van der Waals surface area contributed by atoms with Gasteiger partial charge in [-0.15, -0.1) is 0 Å². The standard InChI is InChI=1S/C36H40/c1-5-6-7-8-9-10-14-29-15-12-17-31(25-29)36(30-16-11-13-26(2)22-30)34-23-27(3)18-20-32(34)33-21-19-28(4)24-35(33)36/h11-13,15-25H,5-10,14H2,1-4H3. The smallest absolute Gasteiger partial charge is 0.0654 e. The maximum Gasteiger partial charge on any atom is 0.0713 e. The van der Waals surface area contributed by atoms with E-state index in [1.807, 2.05) is 0 Å². The third-order valence-corrected chi connectivity index (χ3v) is 8.08. The largest absolute Gasteiger partial charge is 0.0713 e. The molecule has 0 radical (unpaired) electrons. The average Bonchev–Trinajstić information content (AvgIpc) is 3.15. The number of fused-ring (bicyclic) bond motifs is 3. The molecule has 0 saturated heterocycles. The van der Waals surface area contributed by atoms with Gasteiger partial charge in [0.2, 0.25) is 0 Å². The molecule has 1 aliphatic rings. The highest BCUT2D eigenvalue weighted by Crippen LogP contribution is 2.56. The fraction of sp³-hybridized carbons (Fsp3) is 0.333. The first-order valence-corrected chi connectivity index (χ1v) is 13.9. The Bertz CT molecular complexity index is 1300. The zero-order chi connectivity index (χ0) is 25.1. The van der Waals surface area contributed by atoms with Gasteiger partial charge in [0.25, 0.3) is 0 Å². The molecular weight excluding hydrogens is 432 g/mol. The van der Waals surface area contributed by atoms with Crippen LogP contribution in [0, 0.1) is 20.8 Å². The molecule has 0 atom stereocenters. The number of hydrogen-bond acceptors (Lipinski definition) is 0. The summed E-state index contributed by atoms with van der Waals surface area (Å²) in [6.07, 6.45) is 9.18. The fourth-order valence-corrected chi connectivity index (χ4v) is 6.29. The van der Waals surface area contributed by atoms with Crippen molar-refractivity contribution in [3.8, 4) is 11.1 Å². The van der Waals surface area contributed by atoms with Gasteiger partial charge in [-0.3, -0.25) is 0 Å². The highest BCUT2D eigenvalue weighted by Gasteiger charge is 2.46. The highest BCUT2D eigenvalue weighted by atomic mass is 14.5. The van der Waals surface area contributed by atoms with Gasteiger partial charge >= 0.3 is 0 Å². The molecule has 5 rings (SSSR count). The second kappa shape index (κ2) is 10.5. The van der Waals surface area contributed by atoms with E-state index in [1.165, 1.54) is 94.2 Å². The normalized spacial score (nSPS) is 13.4. The van der Waals surface area contributed by atoms with Crippen molar-refractivity contribution in [2.45, 2.75) is 78.1 Å². The van der Waals surface area contributed by atoms with Gasteiger partial charge in [0.05, 0.1) is 5.41 Å². The topological polar surface area (TPSA) is 0 Å². The van der Waals surface area contributed by atoms with Crippen LogP contribution in [-0.4, -0.2) is 0 Å². The van der Waals surface area contributed by atoms with Crippen LogP contribution >= 0.6 is 0 Å². The first-order chi connectivity index (χ1) is 17.5. The van der Waals surface area contributed by atoms with Crippen molar-refractivity contribution in [1.82, 2.24) is 0 Å². The summed E-state index contributed by atoms with van der Waals surface area (Å²) >= 11 is 0. The molecule has 0 unspecified atom stereocenters. The average molecular weight is 473 g/mol. The predicted molar refractivity (Wildman–Crippen MR) is 155 cm³/mol. The van der Waals surface area contributed by atoms with Gasteiger partial charge in [0.1, 0.15) is 0 Å². The summed E-state index contributed by atoms with van der Waals surface area (Å²) in [5.74, 6) is 0. The molecule has 0 aromatic heterocycles. The lowest BCUT2D eigenvalue weighted by Crippen LogP contribution is -2.29. The van der Waals surface area contributed by atoms with Gasteiger partial charge in [-0.05, 0) is 72.6 Å². The van der Waals surface area contributed by atoms with Gasteiger partial charge in [0.15, 0.2) is 0 Å². The fourth-order valence-electron chi connectivity index (χ4n) is 6.29. The van der Waals surface area contributed by atoms with Crippen LogP contribution in [0.4, 0.5) is 0 Å². The minimum absolute atomic E-state index is 0.300. The number of hydrogen-bond donors (Lipinski definition) is 0. The van der Waals surface area contributed by atoms with E-state index < -0.39 is 0 Å². The second-order valence-electron chi connectivity index (χ2n) is 10.9. The van der Waals surface area contributed by atoms with E-state index in [1.54, 1.807) is 0 Å². The SMILES string of the molecule is CCCCCCCCc1cccc(C2(c3cccc(C)c3)c3cc(C)ccc3-c3ccc(C)cc32)c1. The number of aryl methyl sites for hydroxylation is 4. The molecular formula is C36H40. The lowest BCUT2D eigenvalue weighted by Gasteiger charge is -2.35. The number of rotatable bonds is 9. The summed E-state index contributed by atoms with van der Waals surface area (Å²) in [5.41, 5.74) is 13.5. The molecule has 0 spiro atoms. The lowest BCUT2D eigenvalue weighted by atomic mass is 9.67. The van der Waals surface area contributed by atoms with Gasteiger partial charge in [-0.1, -0.05) is 141 Å². The Morgan fingerprint density at radius 1 is 0.528 bits per heavy atom. The third-order valence-electron chi connectivity index (χ3n) is 8.08. The first kappa shape index (κ1) is 24.6. The summed E-state index contributed by atoms with van der Waals surface area (Å²) in [4.78, 5) is 0. The molecule has 0 heterocycles. The summed E-state index contributed by atoms with van der Waals surface area (Å²) in [5, 5.41) is 0. The summed E-state index contributed by atoms with van der Waals surface area (Å²) in [6.45, 7) is 8.96. The minimum Gasteiger partial charge on any atom is -0.0654 e. The van der Waals surface area contributed by atoms with Gasteiger partial charge < -0.3 is 0 Å². The molecule has 36 heavy (non-hydrogen) atoms. The van der Waals surface area contributed by atoms with Gasteiger partial charge in [-0.25, -0.2) is 0 Å². The van der Waals surface area contributed by atoms with Crippen molar-refractivity contribution < 1.29 is 0 Å². The second-order valence-corrected chi connectivity index (χ2v) is 10.9. The van der Waals surface area contributed by atoms with Crippen molar-refractivity contribution in [3.63, 3.8) is 0 Å². The molecule has 0 bridgehead atoms. The van der Waals surface area contributed by atoms with Crippen LogP contribution in [0.25, 0.3) is 11.1 Å². The molecule has 0 nitrogen and oxygen atoms in total. The Morgan fingerprint density at radius 3 is 1.72 bits per heavy atom. The molecule has 0 aliphatic heterocycles. The molecule has 4 aromatic rings. The maximum atomic E-state index is 2.51. The van der Waals surface area contributed by atoms with Crippen molar-refractivity contribution in [2.24, 2.45) is 0 Å². The van der Waals surface area contributed by atoms with E-state index in [2.05, 4.69) is 113 Å². The van der Waals surface area contributed by atoms with Crippen LogP contribution in [-0.2, 0) is 11.8 Å². The Morgan fingerprint density at radius 2 is 1.08 bits per heavy atom. The molecule has 0 amide bonds. The lowest BCUT2D eigenvalue weighted by molar-refractivity contribution is 0.607. The predicted octanol–water partition coefficient (Wildman–Crippen LogP) is 9.88. The van der Waals surface area contributed by atoms with Gasteiger partial charge in [0, 0.05) is 0 Å². The maximum absolute atomic E-state index is 2.51. The Kier molecular flexibility index (Phi) is 7.15. The van der Waals surface area contributed by atoms with Crippen LogP contribution in [0.2, 0.25) is 0 Å².